The second-order valence-electron chi connectivity index (χ2n) is 8.89. The normalized spacial score (nSPS) is 30.4. The molecule has 2 heterocycles. The van der Waals surface area contributed by atoms with Gasteiger partial charge in [-0.15, -0.1) is 12.4 Å². The molecule has 5 nitrogen and oxygen atoms in total. The fourth-order valence-corrected chi connectivity index (χ4v) is 5.33. The fraction of sp³-hybridized carbons (Fsp3) is 0.739. The van der Waals surface area contributed by atoms with Crippen molar-refractivity contribution in [2.45, 2.75) is 62.7 Å². The summed E-state index contributed by atoms with van der Waals surface area (Å²) in [6.45, 7) is 7.71. The zero-order valence-corrected chi connectivity index (χ0v) is 18.5. The van der Waals surface area contributed by atoms with Gasteiger partial charge in [0.25, 0.3) is 0 Å². The number of rotatable bonds is 7. The lowest BCUT2D eigenvalue weighted by molar-refractivity contribution is 0.0290. The maximum atomic E-state index is 5.74. The van der Waals surface area contributed by atoms with E-state index in [1.54, 1.807) is 0 Å². The quantitative estimate of drug-likeness (QED) is 0.629. The van der Waals surface area contributed by atoms with Crippen molar-refractivity contribution in [3.8, 4) is 0 Å². The van der Waals surface area contributed by atoms with Crippen LogP contribution in [0.1, 0.15) is 50.6 Å². The van der Waals surface area contributed by atoms with Crippen molar-refractivity contribution in [2.75, 3.05) is 39.5 Å². The first-order valence-electron chi connectivity index (χ1n) is 11.2. The number of morpholine rings is 1. The molecule has 6 heteroatoms. The maximum absolute atomic E-state index is 5.74. The van der Waals surface area contributed by atoms with Crippen LogP contribution in [-0.2, 0) is 9.47 Å². The van der Waals surface area contributed by atoms with E-state index in [-0.39, 0.29) is 17.9 Å². The lowest BCUT2D eigenvalue weighted by Crippen LogP contribution is -2.59. The molecule has 0 spiro atoms. The Labute approximate surface area is 182 Å². The summed E-state index contributed by atoms with van der Waals surface area (Å²) in [4.78, 5) is 0. The van der Waals surface area contributed by atoms with Gasteiger partial charge in [0.1, 0.15) is 0 Å². The van der Waals surface area contributed by atoms with Crippen LogP contribution in [-0.4, -0.2) is 57.1 Å². The highest BCUT2D eigenvalue weighted by Gasteiger charge is 2.38. The summed E-state index contributed by atoms with van der Waals surface area (Å²) in [6, 6.07) is 12.2. The van der Waals surface area contributed by atoms with Crippen molar-refractivity contribution >= 4 is 12.4 Å². The van der Waals surface area contributed by atoms with Crippen LogP contribution in [0.3, 0.4) is 0 Å². The van der Waals surface area contributed by atoms with E-state index in [9.17, 15) is 0 Å². The first-order valence-corrected chi connectivity index (χ1v) is 11.2. The van der Waals surface area contributed by atoms with Gasteiger partial charge in [-0.25, -0.2) is 0 Å². The Balaban J connectivity index is 0.00000240. The van der Waals surface area contributed by atoms with Gasteiger partial charge < -0.3 is 25.4 Å². The Kier molecular flexibility index (Phi) is 8.78. The maximum Gasteiger partial charge on any atom is 0.0623 e. The van der Waals surface area contributed by atoms with Crippen LogP contribution in [0.2, 0.25) is 0 Å². The van der Waals surface area contributed by atoms with E-state index in [1.807, 2.05) is 0 Å². The Hall–Kier alpha value is -0.690. The first kappa shape index (κ1) is 23.0. The molecule has 3 N–H and O–H groups in total. The third-order valence-electron chi connectivity index (χ3n) is 7.01. The van der Waals surface area contributed by atoms with E-state index in [0.717, 1.165) is 52.4 Å². The minimum absolute atomic E-state index is 0. The van der Waals surface area contributed by atoms with Gasteiger partial charge in [0, 0.05) is 50.0 Å². The van der Waals surface area contributed by atoms with Gasteiger partial charge in [0.2, 0.25) is 0 Å². The van der Waals surface area contributed by atoms with Crippen molar-refractivity contribution in [3.63, 3.8) is 0 Å². The predicted octanol–water partition coefficient (Wildman–Crippen LogP) is 3.05. The number of benzene rings is 1. The van der Waals surface area contributed by atoms with Gasteiger partial charge in [-0.2, -0.15) is 0 Å². The molecule has 1 aromatic carbocycles. The lowest BCUT2D eigenvalue weighted by atomic mass is 9.87. The van der Waals surface area contributed by atoms with E-state index >= 15 is 0 Å². The largest absolute Gasteiger partial charge is 0.381 e. The molecule has 0 aromatic heterocycles. The van der Waals surface area contributed by atoms with Crippen molar-refractivity contribution in [3.05, 3.63) is 35.9 Å². The molecule has 2 aliphatic heterocycles. The van der Waals surface area contributed by atoms with Crippen molar-refractivity contribution in [1.82, 2.24) is 16.0 Å². The van der Waals surface area contributed by atoms with E-state index < -0.39 is 0 Å². The molecule has 1 saturated carbocycles. The molecule has 1 aromatic rings. The number of ether oxygens (including phenoxy) is 2. The van der Waals surface area contributed by atoms with E-state index in [0.29, 0.717) is 24.0 Å². The smallest absolute Gasteiger partial charge is 0.0623 e. The molecule has 0 bridgehead atoms. The molecule has 4 atom stereocenters. The van der Waals surface area contributed by atoms with Crippen LogP contribution < -0.4 is 16.0 Å². The SMILES string of the molecule is CC(NC1(CNC2CCCC2C2COCCN2)CCOCC1)c1ccccc1.Cl. The third-order valence-corrected chi connectivity index (χ3v) is 7.01. The first-order chi connectivity index (χ1) is 13.8. The van der Waals surface area contributed by atoms with E-state index in [4.69, 9.17) is 9.47 Å². The van der Waals surface area contributed by atoms with Crippen LogP contribution in [0.15, 0.2) is 30.3 Å². The molecule has 3 fully saturated rings. The predicted molar refractivity (Wildman–Crippen MR) is 120 cm³/mol. The van der Waals surface area contributed by atoms with Gasteiger partial charge >= 0.3 is 0 Å². The van der Waals surface area contributed by atoms with Gasteiger partial charge in [0.15, 0.2) is 0 Å². The topological polar surface area (TPSA) is 54.5 Å². The van der Waals surface area contributed by atoms with Crippen molar-refractivity contribution in [2.24, 2.45) is 5.92 Å². The molecule has 29 heavy (non-hydrogen) atoms. The van der Waals surface area contributed by atoms with Gasteiger partial charge in [0.05, 0.1) is 13.2 Å². The third kappa shape index (κ3) is 5.93. The molecule has 0 amide bonds. The minimum Gasteiger partial charge on any atom is -0.381 e. The number of halogens is 1. The van der Waals surface area contributed by atoms with Crippen LogP contribution in [0.5, 0.6) is 0 Å². The van der Waals surface area contributed by atoms with Crippen molar-refractivity contribution < 1.29 is 9.47 Å². The molecule has 164 valence electrons. The molecular formula is C23H38ClN3O2. The highest BCUT2D eigenvalue weighted by molar-refractivity contribution is 5.85. The standard InChI is InChI=1S/C23H37N3O2.ClH/c1-18(19-6-3-2-4-7-19)26-23(10-13-27-14-11-23)17-25-21-9-5-8-20(21)22-16-28-15-12-24-22;/h2-4,6-7,18,20-22,24-26H,5,8-17H2,1H3;1H. The molecule has 3 aliphatic rings. The number of hydrogen-bond acceptors (Lipinski definition) is 5. The van der Waals surface area contributed by atoms with Gasteiger partial charge in [-0.1, -0.05) is 36.8 Å². The summed E-state index contributed by atoms with van der Waals surface area (Å²) in [5.74, 6) is 0.684. The second-order valence-corrected chi connectivity index (χ2v) is 8.89. The van der Waals surface area contributed by atoms with E-state index in [1.165, 1.54) is 24.8 Å². The average molecular weight is 424 g/mol. The highest BCUT2D eigenvalue weighted by atomic mass is 35.5. The average Bonchev–Trinajstić information content (AvgIpc) is 3.23. The minimum atomic E-state index is 0. The van der Waals surface area contributed by atoms with E-state index in [2.05, 4.69) is 53.2 Å². The molecule has 4 rings (SSSR count). The molecule has 2 saturated heterocycles. The van der Waals surface area contributed by atoms with Crippen LogP contribution in [0.25, 0.3) is 0 Å². The monoisotopic (exact) mass is 423 g/mol. The second kappa shape index (κ2) is 11.1. The molecule has 4 unspecified atom stereocenters. The molecule has 1 aliphatic carbocycles. The van der Waals surface area contributed by atoms with Crippen molar-refractivity contribution in [1.29, 1.82) is 0 Å². The summed E-state index contributed by atoms with van der Waals surface area (Å²) in [6.07, 6.45) is 6.05. The summed E-state index contributed by atoms with van der Waals surface area (Å²) in [5.41, 5.74) is 1.47. The zero-order valence-electron chi connectivity index (χ0n) is 17.7. The van der Waals surface area contributed by atoms with Crippen LogP contribution in [0.4, 0.5) is 0 Å². The summed E-state index contributed by atoms with van der Waals surface area (Å²) in [7, 11) is 0. The Bertz CT molecular complexity index is 591. The fourth-order valence-electron chi connectivity index (χ4n) is 5.33. The summed E-state index contributed by atoms with van der Waals surface area (Å²) >= 11 is 0. The zero-order chi connectivity index (χ0) is 19.2. The summed E-state index contributed by atoms with van der Waals surface area (Å²) < 4.78 is 11.4. The highest BCUT2D eigenvalue weighted by Crippen LogP contribution is 2.31. The van der Waals surface area contributed by atoms with Crippen LogP contribution in [0, 0.1) is 5.92 Å². The Morgan fingerprint density at radius 3 is 2.62 bits per heavy atom. The molecular weight excluding hydrogens is 386 g/mol. The lowest BCUT2D eigenvalue weighted by Gasteiger charge is -2.42. The van der Waals surface area contributed by atoms with Gasteiger partial charge in [-0.05, 0) is 44.1 Å². The molecule has 0 radical (unpaired) electrons. The Morgan fingerprint density at radius 1 is 1.10 bits per heavy atom. The number of nitrogens with one attached hydrogen (secondary N) is 3. The Morgan fingerprint density at radius 2 is 1.90 bits per heavy atom. The summed E-state index contributed by atoms with van der Waals surface area (Å²) in [5, 5.41) is 11.7. The van der Waals surface area contributed by atoms with Crippen LogP contribution >= 0.6 is 12.4 Å². The van der Waals surface area contributed by atoms with Gasteiger partial charge in [-0.3, -0.25) is 0 Å². The number of hydrogen-bond donors (Lipinski definition) is 3.